The summed E-state index contributed by atoms with van der Waals surface area (Å²) in [5, 5.41) is 3.33. The van der Waals surface area contributed by atoms with Crippen molar-refractivity contribution in [1.29, 1.82) is 0 Å². The van der Waals surface area contributed by atoms with Gasteiger partial charge in [0, 0.05) is 23.0 Å². The molecule has 0 unspecified atom stereocenters. The number of nitrogens with one attached hydrogen (secondary N) is 1. The van der Waals surface area contributed by atoms with E-state index in [1.54, 1.807) is 6.07 Å². The molecule has 20 heavy (non-hydrogen) atoms. The molecule has 2 aromatic rings. The zero-order chi connectivity index (χ0) is 14.2. The Balaban J connectivity index is 1.91. The molecule has 0 bridgehead atoms. The quantitative estimate of drug-likeness (QED) is 0.895. The summed E-state index contributed by atoms with van der Waals surface area (Å²) >= 11 is 3.31. The molecule has 0 spiro atoms. The molecule has 0 aromatic heterocycles. The van der Waals surface area contributed by atoms with E-state index in [4.69, 9.17) is 0 Å². The molecule has 0 amide bonds. The average Bonchev–Trinajstić information content (AvgIpc) is 2.37. The first-order valence-electron chi connectivity index (χ1n) is 6.81. The van der Waals surface area contributed by atoms with E-state index in [0.29, 0.717) is 0 Å². The topological polar surface area (TPSA) is 12.0 Å². The highest BCUT2D eigenvalue weighted by atomic mass is 79.9. The van der Waals surface area contributed by atoms with Gasteiger partial charge in [0.15, 0.2) is 0 Å². The Labute approximate surface area is 127 Å². The fourth-order valence-electron chi connectivity index (χ4n) is 2.79. The molecule has 3 rings (SSSR count). The third-order valence-electron chi connectivity index (χ3n) is 4.13. The minimum Gasteiger partial charge on any atom is -0.315 e. The van der Waals surface area contributed by atoms with Crippen LogP contribution in [0.25, 0.3) is 0 Å². The van der Waals surface area contributed by atoms with Crippen LogP contribution >= 0.6 is 15.9 Å². The van der Waals surface area contributed by atoms with Gasteiger partial charge in [-0.25, -0.2) is 4.39 Å². The van der Waals surface area contributed by atoms with Crippen LogP contribution in [0.5, 0.6) is 0 Å². The number of halogens is 2. The Hall–Kier alpha value is -1.19. The van der Waals surface area contributed by atoms with Gasteiger partial charge in [-0.05, 0) is 36.6 Å². The van der Waals surface area contributed by atoms with Gasteiger partial charge >= 0.3 is 0 Å². The first-order chi connectivity index (χ1) is 9.59. The van der Waals surface area contributed by atoms with Crippen LogP contribution in [0, 0.1) is 12.7 Å². The highest BCUT2D eigenvalue weighted by Crippen LogP contribution is 2.33. The maximum Gasteiger partial charge on any atom is 0.127 e. The zero-order valence-electron chi connectivity index (χ0n) is 11.4. The van der Waals surface area contributed by atoms with E-state index in [-0.39, 0.29) is 11.2 Å². The van der Waals surface area contributed by atoms with Gasteiger partial charge in [0.2, 0.25) is 0 Å². The van der Waals surface area contributed by atoms with Gasteiger partial charge in [-0.1, -0.05) is 51.8 Å². The van der Waals surface area contributed by atoms with Gasteiger partial charge in [-0.2, -0.15) is 0 Å². The van der Waals surface area contributed by atoms with Crippen molar-refractivity contribution in [1.82, 2.24) is 5.32 Å². The second-order valence-electron chi connectivity index (χ2n) is 5.66. The second-order valence-corrected chi connectivity index (χ2v) is 6.58. The van der Waals surface area contributed by atoms with Crippen LogP contribution in [0.3, 0.4) is 0 Å². The van der Waals surface area contributed by atoms with E-state index in [1.807, 2.05) is 12.1 Å². The largest absolute Gasteiger partial charge is 0.315 e. The Morgan fingerprint density at radius 1 is 1.15 bits per heavy atom. The van der Waals surface area contributed by atoms with E-state index in [0.717, 1.165) is 29.5 Å². The summed E-state index contributed by atoms with van der Waals surface area (Å²) in [7, 11) is 0. The number of rotatable bonds is 3. The van der Waals surface area contributed by atoms with Crippen LogP contribution in [0.4, 0.5) is 4.39 Å². The third kappa shape index (κ3) is 2.52. The van der Waals surface area contributed by atoms with E-state index in [1.165, 1.54) is 11.1 Å². The molecule has 1 saturated heterocycles. The molecule has 1 N–H and O–H groups in total. The van der Waals surface area contributed by atoms with E-state index in [9.17, 15) is 4.39 Å². The van der Waals surface area contributed by atoms with Crippen molar-refractivity contribution in [3.63, 3.8) is 0 Å². The van der Waals surface area contributed by atoms with Crippen molar-refractivity contribution in [2.45, 2.75) is 18.8 Å². The molecular weight excluding hydrogens is 317 g/mol. The summed E-state index contributed by atoms with van der Waals surface area (Å²) in [6, 6.07) is 14.0. The molecule has 104 valence electrons. The smallest absolute Gasteiger partial charge is 0.127 e. The second kappa shape index (κ2) is 5.30. The first-order valence-corrected chi connectivity index (χ1v) is 7.60. The molecule has 0 radical (unpaired) electrons. The summed E-state index contributed by atoms with van der Waals surface area (Å²) in [5.74, 6) is -0.127. The van der Waals surface area contributed by atoms with E-state index < -0.39 is 0 Å². The lowest BCUT2D eigenvalue weighted by atomic mass is 9.71. The van der Waals surface area contributed by atoms with Crippen molar-refractivity contribution < 1.29 is 4.39 Å². The molecule has 0 saturated carbocycles. The van der Waals surface area contributed by atoms with Crippen LogP contribution in [-0.2, 0) is 11.8 Å². The van der Waals surface area contributed by atoms with Crippen molar-refractivity contribution in [3.8, 4) is 0 Å². The van der Waals surface area contributed by atoms with Crippen LogP contribution in [0.2, 0.25) is 0 Å². The summed E-state index contributed by atoms with van der Waals surface area (Å²) < 4.78 is 14.9. The van der Waals surface area contributed by atoms with E-state index in [2.05, 4.69) is 52.4 Å². The highest BCUT2D eigenvalue weighted by molar-refractivity contribution is 9.10. The molecular formula is C17H17BrFN. The van der Waals surface area contributed by atoms with Gasteiger partial charge in [0.05, 0.1) is 0 Å². The number of hydrogen-bond donors (Lipinski definition) is 1. The average molecular weight is 334 g/mol. The minimum atomic E-state index is -0.127. The van der Waals surface area contributed by atoms with Gasteiger partial charge < -0.3 is 5.32 Å². The van der Waals surface area contributed by atoms with Crippen LogP contribution in [0.1, 0.15) is 16.7 Å². The number of hydrogen-bond acceptors (Lipinski definition) is 1. The standard InChI is InChI=1S/C17H17BrFN/c1-12-2-5-14(6-3-12)17(10-20-11-17)9-13-4-7-15(18)8-16(13)19/h2-8,20H,9-11H2,1H3. The van der Waals surface area contributed by atoms with Gasteiger partial charge in [-0.15, -0.1) is 0 Å². The molecule has 1 aliphatic rings. The lowest BCUT2D eigenvalue weighted by Crippen LogP contribution is -2.58. The molecule has 0 aliphatic carbocycles. The zero-order valence-corrected chi connectivity index (χ0v) is 13.0. The van der Waals surface area contributed by atoms with Crippen molar-refractivity contribution >= 4 is 15.9 Å². The lowest BCUT2D eigenvalue weighted by Gasteiger charge is -2.43. The third-order valence-corrected chi connectivity index (χ3v) is 4.63. The molecule has 1 nitrogen and oxygen atoms in total. The normalized spacial score (nSPS) is 16.8. The highest BCUT2D eigenvalue weighted by Gasteiger charge is 2.39. The van der Waals surface area contributed by atoms with Gasteiger partial charge in [0.1, 0.15) is 5.82 Å². The number of benzene rings is 2. The Kier molecular flexibility index (Phi) is 3.65. The van der Waals surface area contributed by atoms with Gasteiger partial charge in [0.25, 0.3) is 0 Å². The maximum atomic E-state index is 14.1. The first kappa shape index (κ1) is 13.8. The molecule has 1 heterocycles. The SMILES string of the molecule is Cc1ccc(C2(Cc3ccc(Br)cc3F)CNC2)cc1. The molecule has 3 heteroatoms. The fourth-order valence-corrected chi connectivity index (χ4v) is 3.13. The number of aryl methyl sites for hydroxylation is 1. The Bertz CT molecular complexity index is 617. The molecule has 1 aliphatic heterocycles. The lowest BCUT2D eigenvalue weighted by molar-refractivity contribution is 0.272. The monoisotopic (exact) mass is 333 g/mol. The summed E-state index contributed by atoms with van der Waals surface area (Å²) in [6.07, 6.45) is 0.738. The van der Waals surface area contributed by atoms with Crippen LogP contribution < -0.4 is 5.32 Å². The van der Waals surface area contributed by atoms with Crippen molar-refractivity contribution in [2.24, 2.45) is 0 Å². The van der Waals surface area contributed by atoms with Crippen molar-refractivity contribution in [2.75, 3.05) is 13.1 Å². The summed E-state index contributed by atoms with van der Waals surface area (Å²) in [4.78, 5) is 0. The maximum absolute atomic E-state index is 14.1. The van der Waals surface area contributed by atoms with Crippen molar-refractivity contribution in [3.05, 3.63) is 69.4 Å². The molecule has 1 fully saturated rings. The molecule has 0 atom stereocenters. The summed E-state index contributed by atoms with van der Waals surface area (Å²) in [6.45, 7) is 3.90. The van der Waals surface area contributed by atoms with E-state index >= 15 is 0 Å². The minimum absolute atomic E-state index is 0.0301. The van der Waals surface area contributed by atoms with Crippen LogP contribution in [-0.4, -0.2) is 13.1 Å². The predicted molar refractivity (Wildman–Crippen MR) is 83.5 cm³/mol. The molecule has 2 aromatic carbocycles. The Morgan fingerprint density at radius 3 is 2.40 bits per heavy atom. The predicted octanol–water partition coefficient (Wildman–Crippen LogP) is 3.98. The van der Waals surface area contributed by atoms with Gasteiger partial charge in [-0.3, -0.25) is 0 Å². The van der Waals surface area contributed by atoms with Crippen LogP contribution in [0.15, 0.2) is 46.9 Å². The fraction of sp³-hybridized carbons (Fsp3) is 0.294. The summed E-state index contributed by atoms with van der Waals surface area (Å²) in [5.41, 5.74) is 3.37. The Morgan fingerprint density at radius 2 is 1.85 bits per heavy atom.